The molecular weight excluding hydrogens is 851 g/mol. The van der Waals surface area contributed by atoms with Crippen molar-refractivity contribution >= 4 is 68.9 Å². The Morgan fingerprint density at radius 1 is 0.587 bits per heavy atom. The van der Waals surface area contributed by atoms with Gasteiger partial charge in [0.25, 0.3) is 0 Å². The lowest BCUT2D eigenvalue weighted by Gasteiger charge is -2.32. The average molecular weight is 918 g/mol. The minimum Gasteiger partial charge on any atom is -0.399 e. The smallest absolute Gasteiger partial charge is 0.399 e. The first kappa shape index (κ1) is 50.8. The average Bonchev–Trinajstić information content (AvgIpc) is 3.85. The summed E-state index contributed by atoms with van der Waals surface area (Å²) in [5, 5.41) is 0. The second kappa shape index (κ2) is 23.2. The fourth-order valence-electron chi connectivity index (χ4n) is 9.52. The van der Waals surface area contributed by atoms with Crippen LogP contribution in [0.3, 0.4) is 0 Å². The number of benzene rings is 4. The molecule has 8 nitrogen and oxygen atoms in total. The number of nitrogen functional groups attached to an aromatic ring is 2. The number of carbonyl (C=O) groups excluding carboxylic acids is 4. The number of anilines is 2. The SMILES string of the molecule is C.CC1(C)OB(c2ccccc2N)OC1(C)C.Cc1ccc2c(c1)CC(Br)=C2C1CCCCC1.Cc1ccc2c(c1)CC(c1ccccc1N)=C2C1CCCCC1.O=C=O.O=C=O. The van der Waals surface area contributed by atoms with Crippen molar-refractivity contribution in [3.05, 3.63) is 128 Å². The number of aryl methyl sites for hydroxylation is 2. The molecule has 1 saturated heterocycles. The first-order valence-electron chi connectivity index (χ1n) is 22.0. The first-order valence-corrected chi connectivity index (χ1v) is 22.8. The second-order valence-corrected chi connectivity index (χ2v) is 19.0. The van der Waals surface area contributed by atoms with Crippen LogP contribution in [-0.4, -0.2) is 30.6 Å². The zero-order valence-electron chi connectivity index (χ0n) is 37.3. The Hall–Kier alpha value is -4.82. The summed E-state index contributed by atoms with van der Waals surface area (Å²) in [5.41, 5.74) is 28.8. The molecule has 4 aromatic rings. The lowest BCUT2D eigenvalue weighted by molar-refractivity contribution is -0.193. The molecule has 2 saturated carbocycles. The molecule has 334 valence electrons. The Balaban J connectivity index is 0.000000197. The maximum absolute atomic E-state index is 8.12. The Morgan fingerprint density at radius 2 is 1.02 bits per heavy atom. The molecule has 0 amide bonds. The highest BCUT2D eigenvalue weighted by molar-refractivity contribution is 9.11. The van der Waals surface area contributed by atoms with Gasteiger partial charge in [-0.2, -0.15) is 19.2 Å². The summed E-state index contributed by atoms with van der Waals surface area (Å²) in [6.45, 7) is 12.5. The molecule has 1 heterocycles. The number of fused-ring (bicyclic) bond motifs is 2. The third-order valence-electron chi connectivity index (χ3n) is 13.2. The molecular formula is C53H66BBrN2O6. The number of hydrogen-bond donors (Lipinski definition) is 2. The van der Waals surface area contributed by atoms with E-state index in [0.717, 1.165) is 29.9 Å². The molecule has 0 spiro atoms. The molecule has 0 radical (unpaired) electrons. The highest BCUT2D eigenvalue weighted by atomic mass is 79.9. The van der Waals surface area contributed by atoms with Crippen LogP contribution in [0.1, 0.15) is 138 Å². The number of hydrogen-bond acceptors (Lipinski definition) is 8. The van der Waals surface area contributed by atoms with Crippen LogP contribution in [0.25, 0.3) is 16.7 Å². The largest absolute Gasteiger partial charge is 0.496 e. The zero-order valence-corrected chi connectivity index (χ0v) is 38.9. The van der Waals surface area contributed by atoms with E-state index < -0.39 is 0 Å². The van der Waals surface area contributed by atoms with Gasteiger partial charge in [-0.25, -0.2) is 0 Å². The summed E-state index contributed by atoms with van der Waals surface area (Å²) in [6.07, 6.45) is 16.5. The van der Waals surface area contributed by atoms with Gasteiger partial charge in [0, 0.05) is 33.3 Å². The van der Waals surface area contributed by atoms with Crippen LogP contribution in [0.5, 0.6) is 0 Å². The van der Waals surface area contributed by atoms with Crippen molar-refractivity contribution in [2.45, 2.75) is 137 Å². The molecule has 0 unspecified atom stereocenters. The highest BCUT2D eigenvalue weighted by Gasteiger charge is 2.52. The Kier molecular flexibility index (Phi) is 18.7. The topological polar surface area (TPSA) is 139 Å². The van der Waals surface area contributed by atoms with Gasteiger partial charge in [0.15, 0.2) is 0 Å². The number of para-hydroxylation sites is 2. The van der Waals surface area contributed by atoms with Crippen molar-refractivity contribution in [2.24, 2.45) is 11.8 Å². The second-order valence-electron chi connectivity index (χ2n) is 18.0. The van der Waals surface area contributed by atoms with Gasteiger partial charge in [0.1, 0.15) is 0 Å². The third kappa shape index (κ3) is 12.5. The van der Waals surface area contributed by atoms with Crippen molar-refractivity contribution in [3.63, 3.8) is 0 Å². The molecule has 9 rings (SSSR count). The molecule has 5 aliphatic rings. The van der Waals surface area contributed by atoms with Crippen LogP contribution in [0.15, 0.2) is 89.4 Å². The minimum atomic E-state index is -0.369. The van der Waals surface area contributed by atoms with Crippen molar-refractivity contribution in [2.75, 3.05) is 11.5 Å². The van der Waals surface area contributed by atoms with Gasteiger partial charge in [-0.15, -0.1) is 0 Å². The molecule has 4 aromatic carbocycles. The van der Waals surface area contributed by atoms with Gasteiger partial charge in [-0.3, -0.25) is 0 Å². The summed E-state index contributed by atoms with van der Waals surface area (Å²) in [6, 6.07) is 30.0. The molecule has 63 heavy (non-hydrogen) atoms. The van der Waals surface area contributed by atoms with E-state index in [1.54, 1.807) is 11.1 Å². The zero-order chi connectivity index (χ0) is 45.0. The molecule has 4 aliphatic carbocycles. The summed E-state index contributed by atoms with van der Waals surface area (Å²) < 4.78 is 13.3. The lowest BCUT2D eigenvalue weighted by Crippen LogP contribution is -2.41. The maximum Gasteiger partial charge on any atom is 0.496 e. The van der Waals surface area contributed by atoms with Crippen molar-refractivity contribution in [3.8, 4) is 0 Å². The molecule has 1 aliphatic heterocycles. The predicted octanol–water partition coefficient (Wildman–Crippen LogP) is 11.9. The molecule has 0 atom stereocenters. The molecule has 0 bridgehead atoms. The van der Waals surface area contributed by atoms with Crippen molar-refractivity contribution < 1.29 is 28.5 Å². The minimum absolute atomic E-state index is 0. The van der Waals surface area contributed by atoms with Crippen LogP contribution >= 0.6 is 15.9 Å². The third-order valence-corrected chi connectivity index (χ3v) is 14.0. The highest BCUT2D eigenvalue weighted by Crippen LogP contribution is 2.48. The van der Waals surface area contributed by atoms with E-state index in [0.29, 0.717) is 11.6 Å². The van der Waals surface area contributed by atoms with E-state index in [9.17, 15) is 0 Å². The molecule has 10 heteroatoms. The number of nitrogens with two attached hydrogens (primary N) is 2. The van der Waals surface area contributed by atoms with Gasteiger partial charge in [-0.1, -0.05) is 146 Å². The van der Waals surface area contributed by atoms with Crippen LogP contribution in [0.2, 0.25) is 0 Å². The normalized spacial score (nSPS) is 18.2. The Morgan fingerprint density at radius 3 is 1.51 bits per heavy atom. The quantitative estimate of drug-likeness (QED) is 0.152. The van der Waals surface area contributed by atoms with Gasteiger partial charge in [0.2, 0.25) is 0 Å². The van der Waals surface area contributed by atoms with Gasteiger partial charge in [0.05, 0.1) is 11.2 Å². The fraction of sp³-hybridized carbons (Fsp3) is 0.434. The monoisotopic (exact) mass is 916 g/mol. The van der Waals surface area contributed by atoms with E-state index in [1.807, 2.05) is 64.1 Å². The molecule has 4 N–H and O–H groups in total. The Bertz CT molecular complexity index is 2280. The van der Waals surface area contributed by atoms with Gasteiger partial charge >= 0.3 is 19.4 Å². The summed E-state index contributed by atoms with van der Waals surface area (Å²) in [7, 11) is -0.369. The van der Waals surface area contributed by atoms with Crippen LogP contribution in [0, 0.1) is 25.7 Å². The predicted molar refractivity (Wildman–Crippen MR) is 260 cm³/mol. The van der Waals surface area contributed by atoms with Crippen molar-refractivity contribution in [1.29, 1.82) is 0 Å². The first-order chi connectivity index (χ1) is 29.7. The van der Waals surface area contributed by atoms with E-state index in [4.69, 9.17) is 40.0 Å². The summed E-state index contributed by atoms with van der Waals surface area (Å²) in [5.74, 6) is 1.52. The van der Waals surface area contributed by atoms with Gasteiger partial charge in [-0.05, 0) is 137 Å². The standard InChI is InChI=1S/C22H25N.C16H19Br.C12H18BNO2.2CO2.CH4/c1-15-11-12-18-17(13-15)14-20(19-9-5-6-10-21(19)23)22(18)16-7-3-2-4-8-16;1-11-7-8-14-13(9-11)10-15(17)16(14)12-5-3-2-4-6-12;1-11(2)12(3,4)16-13(15-11)9-7-5-6-8-10(9)14;2*2-1-3;/h5-6,9-13,16H,2-4,7-8,14,23H2,1H3;7-9,12H,2-6,10H2,1H3;5-8H,14H2,1-4H3;;;1H4. The summed E-state index contributed by atoms with van der Waals surface area (Å²) in [4.78, 5) is 32.5. The molecule has 0 aromatic heterocycles. The number of allylic oxidation sites excluding steroid dienone is 4. The van der Waals surface area contributed by atoms with Crippen LogP contribution < -0.4 is 16.9 Å². The summed E-state index contributed by atoms with van der Waals surface area (Å²) >= 11 is 3.83. The maximum atomic E-state index is 8.12. The van der Waals surface area contributed by atoms with E-state index >= 15 is 0 Å². The van der Waals surface area contributed by atoms with Gasteiger partial charge < -0.3 is 20.8 Å². The van der Waals surface area contributed by atoms with E-state index in [1.165, 1.54) is 113 Å². The fourth-order valence-corrected chi connectivity index (χ4v) is 10.4. The van der Waals surface area contributed by atoms with E-state index in [2.05, 4.69) is 78.3 Å². The lowest BCUT2D eigenvalue weighted by atomic mass is 9.78. The Labute approximate surface area is 384 Å². The number of rotatable bonds is 4. The van der Waals surface area contributed by atoms with Crippen molar-refractivity contribution in [1.82, 2.24) is 0 Å². The van der Waals surface area contributed by atoms with E-state index in [-0.39, 0.29) is 38.1 Å². The van der Waals surface area contributed by atoms with Crippen LogP contribution in [-0.2, 0) is 41.3 Å². The molecule has 3 fully saturated rings. The number of halogens is 1. The van der Waals surface area contributed by atoms with Crippen LogP contribution in [0.4, 0.5) is 11.4 Å².